The number of carbonyl (C=O) groups is 1. The van der Waals surface area contributed by atoms with Gasteiger partial charge >= 0.3 is 0 Å². The normalized spacial score (nSPS) is 28.9. The summed E-state index contributed by atoms with van der Waals surface area (Å²) in [5.41, 5.74) is 1.19. The van der Waals surface area contributed by atoms with Crippen molar-refractivity contribution in [2.45, 2.75) is 31.4 Å². The zero-order chi connectivity index (χ0) is 11.7. The highest BCUT2D eigenvalue weighted by atomic mass is 16.5. The molecule has 0 unspecified atom stereocenters. The number of ether oxygens (including phenoxy) is 1. The van der Waals surface area contributed by atoms with Gasteiger partial charge in [0.05, 0.1) is 6.04 Å². The molecule has 2 saturated heterocycles. The van der Waals surface area contributed by atoms with E-state index in [1.165, 1.54) is 12.0 Å². The molecule has 0 spiro atoms. The Balaban J connectivity index is 1.87. The van der Waals surface area contributed by atoms with Crippen LogP contribution in [0.1, 0.15) is 30.9 Å². The van der Waals surface area contributed by atoms with Gasteiger partial charge in [0.1, 0.15) is 12.7 Å². The number of hydrogen-bond acceptors (Lipinski definition) is 2. The molecule has 1 aromatic carbocycles. The summed E-state index contributed by atoms with van der Waals surface area (Å²) in [6, 6.07) is 10.5. The van der Waals surface area contributed by atoms with E-state index in [0.717, 1.165) is 19.4 Å². The second-order valence-electron chi connectivity index (χ2n) is 4.79. The first-order chi connectivity index (χ1) is 8.36. The number of morpholine rings is 1. The van der Waals surface area contributed by atoms with E-state index in [9.17, 15) is 4.79 Å². The van der Waals surface area contributed by atoms with E-state index in [-0.39, 0.29) is 24.7 Å². The molecule has 0 aliphatic carbocycles. The van der Waals surface area contributed by atoms with Gasteiger partial charge in [-0.05, 0) is 24.8 Å². The Hall–Kier alpha value is -1.35. The maximum atomic E-state index is 11.8. The molecule has 0 saturated carbocycles. The second kappa shape index (κ2) is 4.49. The summed E-state index contributed by atoms with van der Waals surface area (Å²) in [5, 5.41) is 0. The lowest BCUT2D eigenvalue weighted by atomic mass is 9.91. The van der Waals surface area contributed by atoms with Gasteiger partial charge in [0.25, 0.3) is 0 Å². The minimum Gasteiger partial charge on any atom is -0.362 e. The predicted octanol–water partition coefficient (Wildman–Crippen LogP) is 2.14. The Labute approximate surface area is 101 Å². The molecule has 0 radical (unpaired) electrons. The van der Waals surface area contributed by atoms with Crippen LogP contribution in [0.25, 0.3) is 0 Å². The Morgan fingerprint density at radius 3 is 2.82 bits per heavy atom. The Bertz CT molecular complexity index is 404. The van der Waals surface area contributed by atoms with Crippen LogP contribution in [0.15, 0.2) is 30.3 Å². The number of piperidine rings is 1. The van der Waals surface area contributed by atoms with E-state index in [2.05, 4.69) is 12.1 Å². The average Bonchev–Trinajstić information content (AvgIpc) is 2.41. The number of nitrogens with zero attached hydrogens (tertiary/aromatic N) is 1. The summed E-state index contributed by atoms with van der Waals surface area (Å²) < 4.78 is 5.75. The fraction of sp³-hybridized carbons (Fsp3) is 0.500. The van der Waals surface area contributed by atoms with Crippen molar-refractivity contribution in [1.82, 2.24) is 4.90 Å². The predicted molar refractivity (Wildman–Crippen MR) is 64.5 cm³/mol. The van der Waals surface area contributed by atoms with Crippen molar-refractivity contribution in [2.24, 2.45) is 0 Å². The van der Waals surface area contributed by atoms with E-state index in [4.69, 9.17) is 4.74 Å². The van der Waals surface area contributed by atoms with Crippen LogP contribution < -0.4 is 0 Å². The number of hydrogen-bond donors (Lipinski definition) is 0. The topological polar surface area (TPSA) is 29.5 Å². The molecular formula is C14H17NO2. The zero-order valence-electron chi connectivity index (χ0n) is 9.84. The van der Waals surface area contributed by atoms with Crippen LogP contribution in [0.5, 0.6) is 0 Å². The number of fused-ring (bicyclic) bond motifs is 1. The number of rotatable bonds is 1. The summed E-state index contributed by atoms with van der Waals surface area (Å²) in [6.45, 7) is 1.13. The summed E-state index contributed by atoms with van der Waals surface area (Å²) in [5.74, 6) is 0.155. The number of amides is 1. The van der Waals surface area contributed by atoms with Gasteiger partial charge < -0.3 is 9.64 Å². The van der Waals surface area contributed by atoms with Crippen molar-refractivity contribution >= 4 is 5.91 Å². The standard InChI is InChI=1S/C14H17NO2/c16-13-10-17-14(11-6-2-1-3-7-11)12-8-4-5-9-15(12)13/h1-3,6-7,12,14H,4-5,8-10H2/t12-,14+/m1/s1. The van der Waals surface area contributed by atoms with Crippen molar-refractivity contribution < 1.29 is 9.53 Å². The highest BCUT2D eigenvalue weighted by molar-refractivity contribution is 5.78. The first-order valence-corrected chi connectivity index (χ1v) is 6.32. The quantitative estimate of drug-likeness (QED) is 0.741. The first kappa shape index (κ1) is 10.8. The molecule has 1 aromatic rings. The minimum atomic E-state index is 0.0641. The van der Waals surface area contributed by atoms with Crippen LogP contribution in [-0.4, -0.2) is 30.0 Å². The summed E-state index contributed by atoms with van der Waals surface area (Å²) in [7, 11) is 0. The van der Waals surface area contributed by atoms with Crippen molar-refractivity contribution in [2.75, 3.05) is 13.2 Å². The summed E-state index contributed by atoms with van der Waals surface area (Å²) in [4.78, 5) is 13.8. The third-order valence-electron chi connectivity index (χ3n) is 3.73. The molecule has 3 nitrogen and oxygen atoms in total. The van der Waals surface area contributed by atoms with Crippen LogP contribution in [0.3, 0.4) is 0 Å². The maximum Gasteiger partial charge on any atom is 0.248 e. The molecule has 0 bridgehead atoms. The molecule has 3 heteroatoms. The highest BCUT2D eigenvalue weighted by Crippen LogP contribution is 2.34. The molecule has 3 rings (SSSR count). The van der Waals surface area contributed by atoms with Crippen molar-refractivity contribution in [1.29, 1.82) is 0 Å². The van der Waals surface area contributed by atoms with Crippen LogP contribution in [0.2, 0.25) is 0 Å². The lowest BCUT2D eigenvalue weighted by Crippen LogP contribution is -2.52. The van der Waals surface area contributed by atoms with Gasteiger partial charge in [-0.3, -0.25) is 4.79 Å². The van der Waals surface area contributed by atoms with Crippen molar-refractivity contribution in [3.63, 3.8) is 0 Å². The number of carbonyl (C=O) groups excluding carboxylic acids is 1. The fourth-order valence-electron chi connectivity index (χ4n) is 2.90. The summed E-state index contributed by atoms with van der Waals surface area (Å²) in [6.07, 6.45) is 3.45. The molecule has 0 N–H and O–H groups in total. The van der Waals surface area contributed by atoms with Gasteiger partial charge in [-0.25, -0.2) is 0 Å². The Morgan fingerprint density at radius 2 is 2.00 bits per heavy atom. The molecule has 2 heterocycles. The van der Waals surface area contributed by atoms with Crippen LogP contribution in [-0.2, 0) is 9.53 Å². The number of benzene rings is 1. The lowest BCUT2D eigenvalue weighted by molar-refractivity contribution is -0.160. The average molecular weight is 231 g/mol. The summed E-state index contributed by atoms with van der Waals surface area (Å²) >= 11 is 0. The van der Waals surface area contributed by atoms with Crippen molar-refractivity contribution in [3.05, 3.63) is 35.9 Å². The van der Waals surface area contributed by atoms with Gasteiger partial charge in [-0.1, -0.05) is 30.3 Å². The van der Waals surface area contributed by atoms with Gasteiger partial charge in [0, 0.05) is 6.54 Å². The second-order valence-corrected chi connectivity index (χ2v) is 4.79. The fourth-order valence-corrected chi connectivity index (χ4v) is 2.90. The highest BCUT2D eigenvalue weighted by Gasteiger charge is 2.38. The third-order valence-corrected chi connectivity index (χ3v) is 3.73. The minimum absolute atomic E-state index is 0.0641. The monoisotopic (exact) mass is 231 g/mol. The maximum absolute atomic E-state index is 11.8. The first-order valence-electron chi connectivity index (χ1n) is 6.32. The van der Waals surface area contributed by atoms with Crippen LogP contribution >= 0.6 is 0 Å². The molecule has 2 fully saturated rings. The van der Waals surface area contributed by atoms with E-state index in [1.54, 1.807) is 0 Å². The van der Waals surface area contributed by atoms with E-state index in [0.29, 0.717) is 0 Å². The molecule has 0 aromatic heterocycles. The molecule has 1 amide bonds. The van der Waals surface area contributed by atoms with Crippen molar-refractivity contribution in [3.8, 4) is 0 Å². The van der Waals surface area contributed by atoms with Crippen LogP contribution in [0.4, 0.5) is 0 Å². The van der Waals surface area contributed by atoms with E-state index < -0.39 is 0 Å². The van der Waals surface area contributed by atoms with E-state index >= 15 is 0 Å². The van der Waals surface area contributed by atoms with Crippen LogP contribution in [0, 0.1) is 0 Å². The van der Waals surface area contributed by atoms with Gasteiger partial charge in [0.15, 0.2) is 0 Å². The van der Waals surface area contributed by atoms with E-state index in [1.807, 2.05) is 23.1 Å². The molecule has 2 aliphatic rings. The van der Waals surface area contributed by atoms with Gasteiger partial charge in [-0.15, -0.1) is 0 Å². The smallest absolute Gasteiger partial charge is 0.248 e. The largest absolute Gasteiger partial charge is 0.362 e. The molecule has 90 valence electrons. The third kappa shape index (κ3) is 1.95. The SMILES string of the molecule is O=C1CO[C@@H](c2ccccc2)[C@H]2CCCCN12. The molecule has 17 heavy (non-hydrogen) atoms. The van der Waals surface area contributed by atoms with Gasteiger partial charge in [0.2, 0.25) is 5.91 Å². The molecular weight excluding hydrogens is 214 g/mol. The molecule has 2 aliphatic heterocycles. The Kier molecular flexibility index (Phi) is 2.85. The van der Waals surface area contributed by atoms with Gasteiger partial charge in [-0.2, -0.15) is 0 Å². The lowest BCUT2D eigenvalue weighted by Gasteiger charge is -2.44. The molecule has 2 atom stereocenters. The zero-order valence-corrected chi connectivity index (χ0v) is 9.84. The Morgan fingerprint density at radius 1 is 1.18 bits per heavy atom.